The van der Waals surface area contributed by atoms with Crippen LogP contribution in [0.1, 0.15) is 25.8 Å². The van der Waals surface area contributed by atoms with Gasteiger partial charge in [-0.1, -0.05) is 23.7 Å². The van der Waals surface area contributed by atoms with Crippen molar-refractivity contribution in [2.24, 2.45) is 7.05 Å². The number of aryl methyl sites for hydroxylation is 1. The number of rotatable bonds is 7. The molecular formula is C19H23ClN4O5S. The average molecular weight is 455 g/mol. The Morgan fingerprint density at radius 1 is 1.13 bits per heavy atom. The minimum Gasteiger partial charge on any atom is -0.396 e. The van der Waals surface area contributed by atoms with Crippen molar-refractivity contribution in [1.29, 1.82) is 0 Å². The second-order valence-corrected chi connectivity index (χ2v) is 10.1. The van der Waals surface area contributed by atoms with E-state index in [0.29, 0.717) is 10.6 Å². The number of imidazole rings is 1. The Kier molecular flexibility index (Phi) is 6.21. The highest BCUT2D eigenvalue weighted by molar-refractivity contribution is 7.91. The summed E-state index contributed by atoms with van der Waals surface area (Å²) in [6.07, 6.45) is 0.211. The number of aliphatic hydroxyl groups excluding tert-OH is 1. The summed E-state index contributed by atoms with van der Waals surface area (Å²) in [6.45, 7) is 2.93. The second kappa shape index (κ2) is 8.37. The predicted octanol–water partition coefficient (Wildman–Crippen LogP) is 1.16. The zero-order valence-electron chi connectivity index (χ0n) is 16.9. The fourth-order valence-electron chi connectivity index (χ4n) is 3.12. The van der Waals surface area contributed by atoms with Gasteiger partial charge in [0.15, 0.2) is 11.2 Å². The van der Waals surface area contributed by atoms with Crippen LogP contribution >= 0.6 is 11.6 Å². The van der Waals surface area contributed by atoms with Gasteiger partial charge in [-0.05, 0) is 38.0 Å². The minimum atomic E-state index is -3.85. The molecule has 0 unspecified atom stereocenters. The fourth-order valence-corrected chi connectivity index (χ4v) is 4.35. The summed E-state index contributed by atoms with van der Waals surface area (Å²) in [6, 6.07) is 6.79. The highest BCUT2D eigenvalue weighted by Gasteiger charge is 2.30. The number of aromatic nitrogens is 4. The summed E-state index contributed by atoms with van der Waals surface area (Å²) in [5.41, 5.74) is -0.532. The van der Waals surface area contributed by atoms with Crippen LogP contribution in [0.2, 0.25) is 5.02 Å². The molecule has 0 aliphatic rings. The van der Waals surface area contributed by atoms with Gasteiger partial charge in [-0.3, -0.25) is 13.9 Å². The lowest BCUT2D eigenvalue weighted by Gasteiger charge is -2.12. The van der Waals surface area contributed by atoms with E-state index in [2.05, 4.69) is 4.98 Å². The van der Waals surface area contributed by atoms with Crippen LogP contribution < -0.4 is 11.2 Å². The van der Waals surface area contributed by atoms with Gasteiger partial charge in [0.25, 0.3) is 5.56 Å². The lowest BCUT2D eigenvalue weighted by molar-refractivity contribution is 0.277. The van der Waals surface area contributed by atoms with E-state index in [-0.39, 0.29) is 42.4 Å². The third kappa shape index (κ3) is 3.82. The first-order valence-electron chi connectivity index (χ1n) is 9.38. The van der Waals surface area contributed by atoms with Crippen LogP contribution in [0, 0.1) is 0 Å². The van der Waals surface area contributed by atoms with Crippen LogP contribution in [-0.2, 0) is 30.0 Å². The van der Waals surface area contributed by atoms with Crippen LogP contribution in [0.5, 0.6) is 0 Å². The predicted molar refractivity (Wildman–Crippen MR) is 114 cm³/mol. The monoisotopic (exact) mass is 454 g/mol. The molecule has 0 saturated heterocycles. The smallest absolute Gasteiger partial charge is 0.332 e. The molecular weight excluding hydrogens is 432 g/mol. The first-order valence-corrected chi connectivity index (χ1v) is 11.3. The third-order valence-corrected chi connectivity index (χ3v) is 7.18. The Labute approximate surface area is 178 Å². The van der Waals surface area contributed by atoms with Crippen molar-refractivity contribution in [1.82, 2.24) is 18.7 Å². The molecule has 2 heterocycles. The molecule has 0 spiro atoms. The molecule has 1 aromatic carbocycles. The summed E-state index contributed by atoms with van der Waals surface area (Å²) in [4.78, 5) is 30.0. The van der Waals surface area contributed by atoms with Gasteiger partial charge >= 0.3 is 5.69 Å². The van der Waals surface area contributed by atoms with Gasteiger partial charge in [-0.25, -0.2) is 13.2 Å². The third-order valence-electron chi connectivity index (χ3n) is 4.87. The Morgan fingerprint density at radius 2 is 1.77 bits per heavy atom. The van der Waals surface area contributed by atoms with E-state index in [9.17, 15) is 18.0 Å². The summed E-state index contributed by atoms with van der Waals surface area (Å²) >= 11 is 5.94. The lowest BCUT2D eigenvalue weighted by Crippen LogP contribution is -2.40. The number of halogens is 1. The topological polar surface area (TPSA) is 116 Å². The van der Waals surface area contributed by atoms with Gasteiger partial charge in [0.2, 0.25) is 15.0 Å². The molecule has 0 fully saturated rings. The van der Waals surface area contributed by atoms with Crippen molar-refractivity contribution in [3.05, 3.63) is 55.7 Å². The maximum absolute atomic E-state index is 13.2. The standard InChI is InChI=1S/C19H23ClN4O5S/c1-12(2)30(28,29)18-21-16-15(24(18)11-13-5-7-14(20)8-6-13)17(26)23(9-4-10-25)19(27)22(16)3/h5-8,12,25H,4,9-11H2,1-3H3. The second-order valence-electron chi connectivity index (χ2n) is 7.25. The highest BCUT2D eigenvalue weighted by Crippen LogP contribution is 2.22. The van der Waals surface area contributed by atoms with Crippen LogP contribution in [0.3, 0.4) is 0 Å². The number of hydrogen-bond acceptors (Lipinski definition) is 6. The van der Waals surface area contributed by atoms with Gasteiger partial charge in [0.05, 0.1) is 11.8 Å². The molecule has 0 radical (unpaired) electrons. The van der Waals surface area contributed by atoms with Gasteiger partial charge in [0, 0.05) is 25.2 Å². The molecule has 162 valence electrons. The molecule has 0 aliphatic heterocycles. The molecule has 3 rings (SSSR count). The normalized spacial score (nSPS) is 12.2. The number of benzene rings is 1. The van der Waals surface area contributed by atoms with Crippen molar-refractivity contribution in [2.45, 2.75) is 43.8 Å². The largest absolute Gasteiger partial charge is 0.396 e. The highest BCUT2D eigenvalue weighted by atomic mass is 35.5. The minimum absolute atomic E-state index is 0.00145. The SMILES string of the molecule is CC(C)S(=O)(=O)c1nc2c(c(=O)n(CCCO)c(=O)n2C)n1Cc1ccc(Cl)cc1. The first kappa shape index (κ1) is 22.3. The zero-order chi connectivity index (χ0) is 22.2. The van der Waals surface area contributed by atoms with E-state index in [1.54, 1.807) is 24.3 Å². The summed E-state index contributed by atoms with van der Waals surface area (Å²) < 4.78 is 29.5. The maximum atomic E-state index is 13.2. The maximum Gasteiger partial charge on any atom is 0.332 e. The number of sulfone groups is 1. The van der Waals surface area contributed by atoms with Crippen molar-refractivity contribution in [2.75, 3.05) is 6.61 Å². The molecule has 11 heteroatoms. The average Bonchev–Trinajstić information content (AvgIpc) is 3.08. The van der Waals surface area contributed by atoms with Crippen molar-refractivity contribution >= 4 is 32.6 Å². The van der Waals surface area contributed by atoms with Gasteiger partial charge in [0.1, 0.15) is 0 Å². The van der Waals surface area contributed by atoms with Crippen LogP contribution in [-0.4, -0.2) is 44.1 Å². The summed E-state index contributed by atoms with van der Waals surface area (Å²) in [7, 11) is -2.42. The van der Waals surface area contributed by atoms with Crippen LogP contribution in [0.15, 0.2) is 39.0 Å². The number of fused-ring (bicyclic) bond motifs is 1. The molecule has 30 heavy (non-hydrogen) atoms. The lowest BCUT2D eigenvalue weighted by atomic mass is 10.2. The number of hydrogen-bond donors (Lipinski definition) is 1. The van der Waals surface area contributed by atoms with E-state index in [1.807, 2.05) is 0 Å². The first-order chi connectivity index (χ1) is 14.1. The van der Waals surface area contributed by atoms with E-state index >= 15 is 0 Å². The van der Waals surface area contributed by atoms with E-state index in [1.165, 1.54) is 25.5 Å². The fraction of sp³-hybridized carbons (Fsp3) is 0.421. The Bertz CT molecular complexity index is 1300. The van der Waals surface area contributed by atoms with Gasteiger partial charge < -0.3 is 9.67 Å². The number of aliphatic hydroxyl groups is 1. The molecule has 9 nitrogen and oxygen atoms in total. The van der Waals surface area contributed by atoms with Crippen molar-refractivity contribution in [3.63, 3.8) is 0 Å². The summed E-state index contributed by atoms with van der Waals surface area (Å²) in [5.74, 6) is 0. The molecule has 0 aliphatic carbocycles. The van der Waals surface area contributed by atoms with E-state index in [4.69, 9.17) is 16.7 Å². The molecule has 1 N–H and O–H groups in total. The molecule has 0 amide bonds. The Hall–Kier alpha value is -2.43. The van der Waals surface area contributed by atoms with Crippen LogP contribution in [0.4, 0.5) is 0 Å². The Morgan fingerprint density at radius 3 is 2.33 bits per heavy atom. The quantitative estimate of drug-likeness (QED) is 0.572. The molecule has 0 saturated carbocycles. The van der Waals surface area contributed by atoms with Crippen molar-refractivity contribution in [3.8, 4) is 0 Å². The summed E-state index contributed by atoms with van der Waals surface area (Å²) in [5, 5.41) is 8.59. The van der Waals surface area contributed by atoms with E-state index < -0.39 is 26.3 Å². The van der Waals surface area contributed by atoms with E-state index in [0.717, 1.165) is 9.13 Å². The Balaban J connectivity index is 2.39. The molecule has 2 aromatic heterocycles. The molecule has 3 aromatic rings. The molecule has 0 atom stereocenters. The van der Waals surface area contributed by atoms with Crippen molar-refractivity contribution < 1.29 is 13.5 Å². The zero-order valence-corrected chi connectivity index (χ0v) is 18.4. The van der Waals surface area contributed by atoms with Gasteiger partial charge in [-0.2, -0.15) is 4.98 Å². The number of nitrogens with zero attached hydrogens (tertiary/aromatic N) is 4. The van der Waals surface area contributed by atoms with Crippen LogP contribution in [0.25, 0.3) is 11.2 Å². The molecule has 0 bridgehead atoms. The van der Waals surface area contributed by atoms with Gasteiger partial charge in [-0.15, -0.1) is 0 Å².